The van der Waals surface area contributed by atoms with Gasteiger partial charge in [-0.3, -0.25) is 0 Å². The van der Waals surface area contributed by atoms with Crippen LogP contribution in [0.5, 0.6) is 0 Å². The van der Waals surface area contributed by atoms with Gasteiger partial charge in [0.15, 0.2) is 0 Å². The second-order valence-corrected chi connectivity index (χ2v) is 6.79. The predicted octanol–water partition coefficient (Wildman–Crippen LogP) is 4.95. The van der Waals surface area contributed by atoms with Crippen molar-refractivity contribution < 1.29 is 0 Å². The molecule has 0 bridgehead atoms. The Morgan fingerprint density at radius 2 is 2.00 bits per heavy atom. The summed E-state index contributed by atoms with van der Waals surface area (Å²) in [6.07, 6.45) is 4.97. The van der Waals surface area contributed by atoms with Gasteiger partial charge in [0.25, 0.3) is 0 Å². The summed E-state index contributed by atoms with van der Waals surface area (Å²) in [5.41, 5.74) is 1.18. The second kappa shape index (κ2) is 6.97. The summed E-state index contributed by atoms with van der Waals surface area (Å²) in [4.78, 5) is 0. The van der Waals surface area contributed by atoms with Gasteiger partial charge in [-0.25, -0.2) is 0 Å². The van der Waals surface area contributed by atoms with Crippen LogP contribution in [0.2, 0.25) is 10.0 Å². The van der Waals surface area contributed by atoms with Crippen LogP contribution in [0.15, 0.2) is 18.2 Å². The molecule has 0 saturated heterocycles. The summed E-state index contributed by atoms with van der Waals surface area (Å²) in [7, 11) is 0. The third-order valence-corrected chi connectivity index (χ3v) is 4.83. The van der Waals surface area contributed by atoms with Gasteiger partial charge < -0.3 is 5.32 Å². The molecule has 1 nitrogen and oxygen atoms in total. The predicted molar refractivity (Wildman–Crippen MR) is 84.1 cm³/mol. The van der Waals surface area contributed by atoms with Crippen LogP contribution in [0.3, 0.4) is 0 Å². The molecule has 1 N–H and O–H groups in total. The summed E-state index contributed by atoms with van der Waals surface area (Å²) in [6, 6.07) is 6.43. The number of rotatable bonds is 4. The maximum atomic E-state index is 6.19. The molecule has 0 amide bonds. The number of halogens is 2. The Morgan fingerprint density at radius 3 is 2.68 bits per heavy atom. The van der Waals surface area contributed by atoms with Crippen LogP contribution in [0.4, 0.5) is 0 Å². The van der Waals surface area contributed by atoms with E-state index in [-0.39, 0.29) is 0 Å². The van der Waals surface area contributed by atoms with E-state index >= 15 is 0 Å². The van der Waals surface area contributed by atoms with E-state index in [1.807, 2.05) is 18.2 Å². The molecule has 2 rings (SSSR count). The Bertz CT molecular complexity index is 419. The summed E-state index contributed by atoms with van der Waals surface area (Å²) in [5, 5.41) is 5.17. The maximum absolute atomic E-state index is 6.19. The van der Waals surface area contributed by atoms with Gasteiger partial charge in [-0.2, -0.15) is 0 Å². The Hall–Kier alpha value is -0.240. The highest BCUT2D eigenvalue weighted by Crippen LogP contribution is 2.28. The first-order valence-corrected chi connectivity index (χ1v) is 7.99. The number of hydrogen-bond donors (Lipinski definition) is 1. The SMILES string of the molecule is CC1CCC(NCCc2ccc(Cl)cc2Cl)C(C)C1. The highest BCUT2D eigenvalue weighted by Gasteiger charge is 2.24. The zero-order valence-corrected chi connectivity index (χ0v) is 13.3. The average Bonchev–Trinajstić information content (AvgIpc) is 2.34. The topological polar surface area (TPSA) is 12.0 Å². The van der Waals surface area contributed by atoms with E-state index in [0.717, 1.165) is 29.8 Å². The lowest BCUT2D eigenvalue weighted by molar-refractivity contribution is 0.229. The molecule has 106 valence electrons. The van der Waals surface area contributed by atoms with Crippen molar-refractivity contribution >= 4 is 23.2 Å². The molecule has 0 heterocycles. The Balaban J connectivity index is 1.80. The Labute approximate surface area is 126 Å². The van der Waals surface area contributed by atoms with Crippen molar-refractivity contribution in [3.05, 3.63) is 33.8 Å². The standard InChI is InChI=1S/C16H23Cl2N/c1-11-3-6-16(12(2)9-11)19-8-7-13-4-5-14(17)10-15(13)18/h4-5,10-12,16,19H,3,6-9H2,1-2H3. The molecule has 1 fully saturated rings. The molecular weight excluding hydrogens is 277 g/mol. The van der Waals surface area contributed by atoms with Gasteiger partial charge in [-0.05, 0) is 61.8 Å². The lowest BCUT2D eigenvalue weighted by atomic mass is 9.80. The maximum Gasteiger partial charge on any atom is 0.0453 e. The molecular formula is C16H23Cl2N. The molecule has 0 aliphatic heterocycles. The van der Waals surface area contributed by atoms with Crippen molar-refractivity contribution in [3.8, 4) is 0 Å². The molecule has 3 unspecified atom stereocenters. The zero-order valence-electron chi connectivity index (χ0n) is 11.8. The van der Waals surface area contributed by atoms with Crippen LogP contribution in [-0.4, -0.2) is 12.6 Å². The Morgan fingerprint density at radius 1 is 1.21 bits per heavy atom. The summed E-state index contributed by atoms with van der Waals surface area (Å²) in [5.74, 6) is 1.67. The van der Waals surface area contributed by atoms with E-state index in [9.17, 15) is 0 Å². The monoisotopic (exact) mass is 299 g/mol. The van der Waals surface area contributed by atoms with Crippen LogP contribution in [0.25, 0.3) is 0 Å². The van der Waals surface area contributed by atoms with Gasteiger partial charge in [0.05, 0.1) is 0 Å². The third-order valence-electron chi connectivity index (χ3n) is 4.25. The minimum absolute atomic E-state index is 0.669. The van der Waals surface area contributed by atoms with Crippen molar-refractivity contribution in [1.82, 2.24) is 5.32 Å². The van der Waals surface area contributed by atoms with Crippen LogP contribution >= 0.6 is 23.2 Å². The highest BCUT2D eigenvalue weighted by molar-refractivity contribution is 6.35. The number of hydrogen-bond acceptors (Lipinski definition) is 1. The first-order chi connectivity index (χ1) is 9.06. The summed E-state index contributed by atoms with van der Waals surface area (Å²) in [6.45, 7) is 5.72. The van der Waals surface area contributed by atoms with Gasteiger partial charge in [-0.1, -0.05) is 43.1 Å². The molecule has 1 saturated carbocycles. The molecule has 1 aromatic rings. The first kappa shape index (κ1) is 15.2. The molecule has 1 aliphatic rings. The molecule has 1 aliphatic carbocycles. The summed E-state index contributed by atoms with van der Waals surface area (Å²) < 4.78 is 0. The van der Waals surface area contributed by atoms with E-state index in [2.05, 4.69) is 19.2 Å². The normalized spacial score (nSPS) is 27.5. The molecule has 3 atom stereocenters. The molecule has 3 heteroatoms. The van der Waals surface area contributed by atoms with Gasteiger partial charge in [0.2, 0.25) is 0 Å². The second-order valence-electron chi connectivity index (χ2n) is 5.94. The van der Waals surface area contributed by atoms with Crippen molar-refractivity contribution in [2.24, 2.45) is 11.8 Å². The minimum Gasteiger partial charge on any atom is -0.313 e. The molecule has 1 aromatic carbocycles. The van der Waals surface area contributed by atoms with E-state index in [4.69, 9.17) is 23.2 Å². The van der Waals surface area contributed by atoms with E-state index in [1.165, 1.54) is 24.8 Å². The van der Waals surface area contributed by atoms with Gasteiger partial charge in [0.1, 0.15) is 0 Å². The molecule has 0 spiro atoms. The zero-order chi connectivity index (χ0) is 13.8. The Kier molecular flexibility index (Phi) is 5.56. The van der Waals surface area contributed by atoms with Gasteiger partial charge in [0, 0.05) is 16.1 Å². The van der Waals surface area contributed by atoms with Crippen molar-refractivity contribution in [2.45, 2.75) is 45.6 Å². The average molecular weight is 300 g/mol. The smallest absolute Gasteiger partial charge is 0.0453 e. The summed E-state index contributed by atoms with van der Waals surface area (Å²) >= 11 is 12.1. The fourth-order valence-corrected chi connectivity index (χ4v) is 3.59. The van der Waals surface area contributed by atoms with E-state index < -0.39 is 0 Å². The first-order valence-electron chi connectivity index (χ1n) is 7.23. The lowest BCUT2D eigenvalue weighted by Gasteiger charge is -2.33. The third kappa shape index (κ3) is 4.37. The van der Waals surface area contributed by atoms with Gasteiger partial charge in [-0.15, -0.1) is 0 Å². The lowest BCUT2D eigenvalue weighted by Crippen LogP contribution is -2.39. The number of benzene rings is 1. The van der Waals surface area contributed by atoms with E-state index in [0.29, 0.717) is 11.1 Å². The highest BCUT2D eigenvalue weighted by atomic mass is 35.5. The van der Waals surface area contributed by atoms with Crippen molar-refractivity contribution in [3.63, 3.8) is 0 Å². The fraction of sp³-hybridized carbons (Fsp3) is 0.625. The largest absolute Gasteiger partial charge is 0.313 e. The van der Waals surface area contributed by atoms with Gasteiger partial charge >= 0.3 is 0 Å². The quantitative estimate of drug-likeness (QED) is 0.829. The number of nitrogens with one attached hydrogen (secondary N) is 1. The minimum atomic E-state index is 0.669. The van der Waals surface area contributed by atoms with E-state index in [1.54, 1.807) is 0 Å². The van der Waals surface area contributed by atoms with Crippen LogP contribution < -0.4 is 5.32 Å². The van der Waals surface area contributed by atoms with Crippen LogP contribution in [0.1, 0.15) is 38.7 Å². The molecule has 0 radical (unpaired) electrons. The van der Waals surface area contributed by atoms with Crippen molar-refractivity contribution in [2.75, 3.05) is 6.54 Å². The van der Waals surface area contributed by atoms with Crippen molar-refractivity contribution in [1.29, 1.82) is 0 Å². The molecule has 0 aromatic heterocycles. The van der Waals surface area contributed by atoms with Crippen LogP contribution in [0, 0.1) is 11.8 Å². The molecule has 19 heavy (non-hydrogen) atoms. The van der Waals surface area contributed by atoms with Crippen LogP contribution in [-0.2, 0) is 6.42 Å². The fourth-order valence-electron chi connectivity index (χ4n) is 3.09.